The van der Waals surface area contributed by atoms with E-state index in [0.29, 0.717) is 0 Å². The van der Waals surface area contributed by atoms with Crippen LogP contribution in [0.3, 0.4) is 0 Å². The van der Waals surface area contributed by atoms with Crippen molar-refractivity contribution in [2.75, 3.05) is 13.7 Å². The standard InChI is InChI=1S/C14H26N2OS/c1-6-9-15-10-12-11(4)16-13(18-12)14(7-2,8-3)17-5/h15H,6-10H2,1-5H3. The van der Waals surface area contributed by atoms with Gasteiger partial charge in [0.05, 0.1) is 5.69 Å². The van der Waals surface area contributed by atoms with Crippen LogP contribution in [-0.2, 0) is 16.9 Å². The van der Waals surface area contributed by atoms with E-state index in [0.717, 1.165) is 43.1 Å². The smallest absolute Gasteiger partial charge is 0.125 e. The third-order valence-corrected chi connectivity index (χ3v) is 4.87. The molecule has 0 aliphatic heterocycles. The second-order valence-corrected chi connectivity index (χ2v) is 5.69. The van der Waals surface area contributed by atoms with Gasteiger partial charge in [0.1, 0.15) is 10.6 Å². The quantitative estimate of drug-likeness (QED) is 0.733. The zero-order chi connectivity index (χ0) is 13.6. The maximum absolute atomic E-state index is 5.74. The van der Waals surface area contributed by atoms with E-state index in [2.05, 4.69) is 33.0 Å². The molecule has 1 heterocycles. The second-order valence-electron chi connectivity index (χ2n) is 4.61. The number of aromatic nitrogens is 1. The van der Waals surface area contributed by atoms with Gasteiger partial charge in [-0.2, -0.15) is 0 Å². The summed E-state index contributed by atoms with van der Waals surface area (Å²) in [6, 6.07) is 0. The number of nitrogens with one attached hydrogen (secondary N) is 1. The van der Waals surface area contributed by atoms with E-state index < -0.39 is 0 Å². The summed E-state index contributed by atoms with van der Waals surface area (Å²) in [4.78, 5) is 6.06. The number of aryl methyl sites for hydroxylation is 1. The van der Waals surface area contributed by atoms with E-state index in [1.54, 1.807) is 18.4 Å². The molecule has 0 radical (unpaired) electrons. The van der Waals surface area contributed by atoms with Gasteiger partial charge in [0, 0.05) is 18.5 Å². The van der Waals surface area contributed by atoms with Gasteiger partial charge in [-0.25, -0.2) is 4.98 Å². The summed E-state index contributed by atoms with van der Waals surface area (Å²) in [6.45, 7) is 10.6. The van der Waals surface area contributed by atoms with Gasteiger partial charge < -0.3 is 10.1 Å². The highest BCUT2D eigenvalue weighted by Crippen LogP contribution is 2.36. The molecule has 0 saturated heterocycles. The Kier molecular flexibility index (Phi) is 6.26. The highest BCUT2D eigenvalue weighted by atomic mass is 32.1. The number of thiazole rings is 1. The number of methoxy groups -OCH3 is 1. The molecule has 1 aromatic rings. The number of hydrogen-bond donors (Lipinski definition) is 1. The zero-order valence-electron chi connectivity index (χ0n) is 12.3. The van der Waals surface area contributed by atoms with Crippen LogP contribution >= 0.6 is 11.3 Å². The molecule has 1 rings (SSSR count). The Bertz CT molecular complexity index is 350. The van der Waals surface area contributed by atoms with Gasteiger partial charge in [-0.15, -0.1) is 11.3 Å². The first-order valence-corrected chi connectivity index (χ1v) is 7.67. The Morgan fingerprint density at radius 2 is 1.94 bits per heavy atom. The highest BCUT2D eigenvalue weighted by molar-refractivity contribution is 7.11. The lowest BCUT2D eigenvalue weighted by molar-refractivity contribution is -0.0219. The van der Waals surface area contributed by atoms with Gasteiger partial charge in [0.2, 0.25) is 0 Å². The summed E-state index contributed by atoms with van der Waals surface area (Å²) in [6.07, 6.45) is 3.10. The molecule has 3 nitrogen and oxygen atoms in total. The minimum atomic E-state index is -0.196. The molecule has 0 aliphatic rings. The largest absolute Gasteiger partial charge is 0.371 e. The molecule has 0 aliphatic carbocycles. The number of nitrogens with zero attached hydrogens (tertiary/aromatic N) is 1. The van der Waals surface area contributed by atoms with E-state index >= 15 is 0 Å². The van der Waals surface area contributed by atoms with Crippen LogP contribution in [0, 0.1) is 6.92 Å². The molecule has 18 heavy (non-hydrogen) atoms. The van der Waals surface area contributed by atoms with Crippen molar-refractivity contribution in [2.24, 2.45) is 0 Å². The van der Waals surface area contributed by atoms with Gasteiger partial charge in [0.25, 0.3) is 0 Å². The van der Waals surface area contributed by atoms with Crippen molar-refractivity contribution < 1.29 is 4.74 Å². The maximum atomic E-state index is 5.74. The van der Waals surface area contributed by atoms with E-state index in [4.69, 9.17) is 9.72 Å². The molecule has 0 spiro atoms. The third-order valence-electron chi connectivity index (χ3n) is 3.53. The van der Waals surface area contributed by atoms with Crippen molar-refractivity contribution in [2.45, 2.75) is 59.1 Å². The lowest BCUT2D eigenvalue weighted by Crippen LogP contribution is -2.26. The van der Waals surface area contributed by atoms with Crippen molar-refractivity contribution >= 4 is 11.3 Å². The fourth-order valence-electron chi connectivity index (χ4n) is 2.09. The van der Waals surface area contributed by atoms with Crippen molar-refractivity contribution in [3.8, 4) is 0 Å². The summed E-state index contributed by atoms with van der Waals surface area (Å²) in [7, 11) is 1.79. The van der Waals surface area contributed by atoms with Gasteiger partial charge in [-0.05, 0) is 32.7 Å². The molecule has 0 saturated carbocycles. The predicted octanol–water partition coefficient (Wildman–Crippen LogP) is 3.61. The predicted molar refractivity (Wildman–Crippen MR) is 78.1 cm³/mol. The molecule has 1 N–H and O–H groups in total. The van der Waals surface area contributed by atoms with Gasteiger partial charge in [0.15, 0.2) is 0 Å². The minimum Gasteiger partial charge on any atom is -0.371 e. The van der Waals surface area contributed by atoms with Gasteiger partial charge in [-0.1, -0.05) is 20.8 Å². The van der Waals surface area contributed by atoms with E-state index in [-0.39, 0.29) is 5.60 Å². The Labute approximate surface area is 115 Å². The van der Waals surface area contributed by atoms with Gasteiger partial charge in [-0.3, -0.25) is 0 Å². The lowest BCUT2D eigenvalue weighted by Gasteiger charge is -2.27. The Hall–Kier alpha value is -0.450. The topological polar surface area (TPSA) is 34.1 Å². The van der Waals surface area contributed by atoms with Gasteiger partial charge >= 0.3 is 0 Å². The van der Waals surface area contributed by atoms with E-state index in [1.165, 1.54) is 4.88 Å². The molecular weight excluding hydrogens is 244 g/mol. The lowest BCUT2D eigenvalue weighted by atomic mass is 9.98. The van der Waals surface area contributed by atoms with Crippen LogP contribution in [0.2, 0.25) is 0 Å². The summed E-state index contributed by atoms with van der Waals surface area (Å²) in [5, 5.41) is 4.57. The fourth-order valence-corrected chi connectivity index (χ4v) is 3.44. The first-order valence-electron chi connectivity index (χ1n) is 6.86. The van der Waals surface area contributed by atoms with Crippen LogP contribution in [0.25, 0.3) is 0 Å². The number of rotatable bonds is 8. The molecule has 0 aromatic carbocycles. The molecule has 0 amide bonds. The summed E-state index contributed by atoms with van der Waals surface area (Å²) in [5.74, 6) is 0. The highest BCUT2D eigenvalue weighted by Gasteiger charge is 2.32. The Morgan fingerprint density at radius 3 is 2.44 bits per heavy atom. The van der Waals surface area contributed by atoms with E-state index in [1.807, 2.05) is 0 Å². The molecule has 0 atom stereocenters. The van der Waals surface area contributed by atoms with Crippen molar-refractivity contribution in [3.05, 3.63) is 15.6 Å². The average Bonchev–Trinajstić information content (AvgIpc) is 2.75. The van der Waals surface area contributed by atoms with Crippen LogP contribution in [0.15, 0.2) is 0 Å². The van der Waals surface area contributed by atoms with E-state index in [9.17, 15) is 0 Å². The van der Waals surface area contributed by atoms with Crippen molar-refractivity contribution in [1.82, 2.24) is 10.3 Å². The average molecular weight is 270 g/mol. The summed E-state index contributed by atoms with van der Waals surface area (Å²) >= 11 is 1.79. The van der Waals surface area contributed by atoms with Crippen molar-refractivity contribution in [1.29, 1.82) is 0 Å². The molecule has 1 aromatic heterocycles. The molecule has 0 unspecified atom stereocenters. The summed E-state index contributed by atoms with van der Waals surface area (Å²) < 4.78 is 5.74. The summed E-state index contributed by atoms with van der Waals surface area (Å²) in [5.41, 5.74) is 0.945. The molecule has 0 fully saturated rings. The van der Waals surface area contributed by atoms with Crippen LogP contribution in [0.1, 0.15) is 55.6 Å². The molecule has 104 valence electrons. The maximum Gasteiger partial charge on any atom is 0.125 e. The third kappa shape index (κ3) is 3.31. The second kappa shape index (κ2) is 7.22. The van der Waals surface area contributed by atoms with Crippen LogP contribution in [0.5, 0.6) is 0 Å². The SMILES string of the molecule is CCCNCc1sc(C(CC)(CC)OC)nc1C. The van der Waals surface area contributed by atoms with Crippen LogP contribution in [0.4, 0.5) is 0 Å². The minimum absolute atomic E-state index is 0.196. The fraction of sp³-hybridized carbons (Fsp3) is 0.786. The Balaban J connectivity index is 2.87. The number of hydrogen-bond acceptors (Lipinski definition) is 4. The zero-order valence-corrected chi connectivity index (χ0v) is 13.1. The first kappa shape index (κ1) is 15.6. The van der Waals surface area contributed by atoms with Crippen molar-refractivity contribution in [3.63, 3.8) is 0 Å². The molecule has 4 heteroatoms. The monoisotopic (exact) mass is 270 g/mol. The Morgan fingerprint density at radius 1 is 1.28 bits per heavy atom. The number of ether oxygens (including phenoxy) is 1. The first-order chi connectivity index (χ1) is 8.63. The molecule has 0 bridgehead atoms. The van der Waals surface area contributed by atoms with Crippen LogP contribution < -0.4 is 5.32 Å². The normalized spacial score (nSPS) is 12.1. The molecular formula is C14H26N2OS. The van der Waals surface area contributed by atoms with Crippen LogP contribution in [-0.4, -0.2) is 18.6 Å².